The molecule has 1 N–H and O–H groups in total. The maximum Gasteiger partial charge on any atom is 0.326 e. The summed E-state index contributed by atoms with van der Waals surface area (Å²) in [5.41, 5.74) is 2.06. The largest absolute Gasteiger partial charge is 0.493 e. The first-order valence-electron chi connectivity index (χ1n) is 7.42. The van der Waals surface area contributed by atoms with Crippen LogP contribution in [0.5, 0.6) is 5.75 Å². The maximum absolute atomic E-state index is 12.4. The maximum atomic E-state index is 12.4. The lowest BCUT2D eigenvalue weighted by Crippen LogP contribution is -2.48. The Morgan fingerprint density at radius 3 is 3.00 bits per heavy atom. The van der Waals surface area contributed by atoms with E-state index >= 15 is 0 Å². The molecule has 1 aromatic rings. The zero-order chi connectivity index (χ0) is 14.8. The number of carbonyl (C=O) groups excluding carboxylic acids is 1. The van der Waals surface area contributed by atoms with Gasteiger partial charge in [0.15, 0.2) is 0 Å². The van der Waals surface area contributed by atoms with Gasteiger partial charge in [0.25, 0.3) is 0 Å². The normalized spacial score (nSPS) is 20.8. The summed E-state index contributed by atoms with van der Waals surface area (Å²) in [5.74, 6) is -0.0982. The fourth-order valence-electron chi connectivity index (χ4n) is 3.11. The second-order valence-electron chi connectivity index (χ2n) is 5.65. The first-order valence-corrected chi connectivity index (χ1v) is 7.42. The van der Waals surface area contributed by atoms with Gasteiger partial charge in [0.05, 0.1) is 13.0 Å². The standard InChI is InChI=1S/C16H19NO4/c18-15(17-7-2-1-3-13(17)16(19)20)10-11-4-5-14-12(9-11)6-8-21-14/h4-5,9,13H,1-3,6-8,10H2,(H,19,20)/t13-/m0/s1. The van der Waals surface area contributed by atoms with Crippen LogP contribution in [0.15, 0.2) is 18.2 Å². The highest BCUT2D eigenvalue weighted by Gasteiger charge is 2.31. The third-order valence-corrected chi connectivity index (χ3v) is 4.22. The predicted octanol–water partition coefficient (Wildman–Crippen LogP) is 1.63. The summed E-state index contributed by atoms with van der Waals surface area (Å²) >= 11 is 0. The summed E-state index contributed by atoms with van der Waals surface area (Å²) in [6.45, 7) is 1.24. The van der Waals surface area contributed by atoms with Crippen molar-refractivity contribution in [3.8, 4) is 5.75 Å². The molecule has 1 atom stereocenters. The number of hydrogen-bond acceptors (Lipinski definition) is 3. The zero-order valence-corrected chi connectivity index (χ0v) is 11.9. The van der Waals surface area contributed by atoms with Crippen LogP contribution < -0.4 is 4.74 Å². The average Bonchev–Trinajstić information content (AvgIpc) is 2.94. The molecule has 0 bridgehead atoms. The van der Waals surface area contributed by atoms with E-state index < -0.39 is 12.0 Å². The zero-order valence-electron chi connectivity index (χ0n) is 11.9. The van der Waals surface area contributed by atoms with Crippen molar-refractivity contribution in [2.24, 2.45) is 0 Å². The van der Waals surface area contributed by atoms with Gasteiger partial charge in [-0.15, -0.1) is 0 Å². The summed E-state index contributed by atoms with van der Waals surface area (Å²) in [4.78, 5) is 25.2. The molecule has 5 nitrogen and oxygen atoms in total. The number of ether oxygens (including phenoxy) is 1. The van der Waals surface area contributed by atoms with Gasteiger partial charge in [0, 0.05) is 13.0 Å². The van der Waals surface area contributed by atoms with E-state index in [9.17, 15) is 14.7 Å². The summed E-state index contributed by atoms with van der Waals surface area (Å²) < 4.78 is 5.45. The smallest absolute Gasteiger partial charge is 0.326 e. The van der Waals surface area contributed by atoms with Crippen LogP contribution in [-0.4, -0.2) is 41.1 Å². The molecule has 5 heteroatoms. The lowest BCUT2D eigenvalue weighted by Gasteiger charge is -2.33. The molecule has 0 unspecified atom stereocenters. The molecule has 0 aliphatic carbocycles. The van der Waals surface area contributed by atoms with Gasteiger partial charge in [-0.05, 0) is 36.5 Å². The Hall–Kier alpha value is -2.04. The molecule has 0 spiro atoms. The molecular weight excluding hydrogens is 270 g/mol. The second kappa shape index (κ2) is 5.76. The Kier molecular flexibility index (Phi) is 3.82. The molecule has 2 aliphatic rings. The number of aliphatic carboxylic acids is 1. The van der Waals surface area contributed by atoms with Gasteiger partial charge in [0.1, 0.15) is 11.8 Å². The molecule has 2 aliphatic heterocycles. The van der Waals surface area contributed by atoms with Crippen molar-refractivity contribution in [2.75, 3.05) is 13.2 Å². The average molecular weight is 289 g/mol. The van der Waals surface area contributed by atoms with Gasteiger partial charge in [-0.1, -0.05) is 12.1 Å². The molecule has 3 rings (SSSR count). The molecule has 0 aromatic heterocycles. The fourth-order valence-corrected chi connectivity index (χ4v) is 3.11. The molecule has 1 aromatic carbocycles. The van der Waals surface area contributed by atoms with Crippen molar-refractivity contribution < 1.29 is 19.4 Å². The van der Waals surface area contributed by atoms with Crippen molar-refractivity contribution in [2.45, 2.75) is 38.1 Å². The number of benzene rings is 1. The van der Waals surface area contributed by atoms with E-state index in [0.29, 0.717) is 19.6 Å². The first-order chi connectivity index (χ1) is 10.1. The highest BCUT2D eigenvalue weighted by molar-refractivity contribution is 5.85. The van der Waals surface area contributed by atoms with Crippen LogP contribution in [0.1, 0.15) is 30.4 Å². The lowest BCUT2D eigenvalue weighted by atomic mass is 10.00. The van der Waals surface area contributed by atoms with E-state index in [0.717, 1.165) is 36.1 Å². The summed E-state index contributed by atoms with van der Waals surface area (Å²) in [5, 5.41) is 9.24. The van der Waals surface area contributed by atoms with Crippen LogP contribution in [0, 0.1) is 0 Å². The summed E-state index contributed by atoms with van der Waals surface area (Å²) in [7, 11) is 0. The first kappa shape index (κ1) is 13.9. The molecule has 1 saturated heterocycles. The highest BCUT2D eigenvalue weighted by atomic mass is 16.5. The number of carboxylic acid groups (broad SMARTS) is 1. The van der Waals surface area contributed by atoms with Gasteiger partial charge < -0.3 is 14.7 Å². The summed E-state index contributed by atoms with van der Waals surface area (Å²) in [6, 6.07) is 5.13. The molecule has 0 radical (unpaired) electrons. The topological polar surface area (TPSA) is 66.8 Å². The molecule has 1 amide bonds. The number of fused-ring (bicyclic) bond motifs is 1. The number of likely N-dealkylation sites (tertiary alicyclic amines) is 1. The van der Waals surface area contributed by atoms with Crippen LogP contribution in [0.2, 0.25) is 0 Å². The Morgan fingerprint density at radius 1 is 1.33 bits per heavy atom. The molecule has 2 heterocycles. The van der Waals surface area contributed by atoms with Crippen molar-refractivity contribution in [3.05, 3.63) is 29.3 Å². The predicted molar refractivity (Wildman–Crippen MR) is 76.3 cm³/mol. The molecular formula is C16H19NO4. The Balaban J connectivity index is 1.71. The van der Waals surface area contributed by atoms with Crippen LogP contribution >= 0.6 is 0 Å². The van der Waals surface area contributed by atoms with Gasteiger partial charge in [-0.25, -0.2) is 4.79 Å². The number of carbonyl (C=O) groups is 2. The fraction of sp³-hybridized carbons (Fsp3) is 0.500. The van der Waals surface area contributed by atoms with E-state index in [-0.39, 0.29) is 12.3 Å². The third-order valence-electron chi connectivity index (χ3n) is 4.22. The number of piperidine rings is 1. The lowest BCUT2D eigenvalue weighted by molar-refractivity contribution is -0.151. The Morgan fingerprint density at radius 2 is 2.19 bits per heavy atom. The minimum absolute atomic E-state index is 0.0963. The minimum atomic E-state index is -0.898. The van der Waals surface area contributed by atoms with Gasteiger partial charge in [-0.3, -0.25) is 4.79 Å². The molecule has 21 heavy (non-hydrogen) atoms. The number of rotatable bonds is 3. The van der Waals surface area contributed by atoms with E-state index in [1.165, 1.54) is 4.90 Å². The number of amides is 1. The molecule has 112 valence electrons. The van der Waals surface area contributed by atoms with Crippen LogP contribution in [0.25, 0.3) is 0 Å². The molecule has 0 saturated carbocycles. The van der Waals surface area contributed by atoms with E-state index in [4.69, 9.17) is 4.74 Å². The minimum Gasteiger partial charge on any atom is -0.493 e. The van der Waals surface area contributed by atoms with Gasteiger partial charge >= 0.3 is 5.97 Å². The van der Waals surface area contributed by atoms with Crippen molar-refractivity contribution in [3.63, 3.8) is 0 Å². The van der Waals surface area contributed by atoms with Crippen molar-refractivity contribution >= 4 is 11.9 Å². The van der Waals surface area contributed by atoms with Gasteiger partial charge in [-0.2, -0.15) is 0 Å². The second-order valence-corrected chi connectivity index (χ2v) is 5.65. The van der Waals surface area contributed by atoms with E-state index in [1.807, 2.05) is 18.2 Å². The van der Waals surface area contributed by atoms with Crippen molar-refractivity contribution in [1.29, 1.82) is 0 Å². The van der Waals surface area contributed by atoms with Gasteiger partial charge in [0.2, 0.25) is 5.91 Å². The number of carboxylic acids is 1. The van der Waals surface area contributed by atoms with E-state index in [1.54, 1.807) is 0 Å². The molecule has 1 fully saturated rings. The van der Waals surface area contributed by atoms with Crippen molar-refractivity contribution in [1.82, 2.24) is 4.90 Å². The highest BCUT2D eigenvalue weighted by Crippen LogP contribution is 2.26. The van der Waals surface area contributed by atoms with Crippen LogP contribution in [0.3, 0.4) is 0 Å². The quantitative estimate of drug-likeness (QED) is 0.918. The Bertz CT molecular complexity index is 569. The van der Waals surface area contributed by atoms with Crippen LogP contribution in [0.4, 0.5) is 0 Å². The Labute approximate surface area is 123 Å². The monoisotopic (exact) mass is 289 g/mol. The number of nitrogens with zero attached hydrogens (tertiary/aromatic N) is 1. The number of hydrogen-bond donors (Lipinski definition) is 1. The SMILES string of the molecule is O=C(O)[C@@H]1CCCCN1C(=O)Cc1ccc2c(c1)CCO2. The third kappa shape index (κ3) is 2.86. The van der Waals surface area contributed by atoms with E-state index in [2.05, 4.69) is 0 Å². The summed E-state index contributed by atoms with van der Waals surface area (Å²) in [6.07, 6.45) is 3.44. The van der Waals surface area contributed by atoms with Crippen LogP contribution in [-0.2, 0) is 22.4 Å².